The Hall–Kier alpha value is -0.860. The van der Waals surface area contributed by atoms with Gasteiger partial charge in [0.15, 0.2) is 0 Å². The molecule has 4 atom stereocenters. The topological polar surface area (TPSA) is 23.5 Å². The quantitative estimate of drug-likeness (QED) is 0.571. The molecule has 28 heavy (non-hydrogen) atoms. The zero-order valence-corrected chi connectivity index (χ0v) is 18.7. The van der Waals surface area contributed by atoms with E-state index in [1.165, 1.54) is 50.5 Å². The third-order valence-electron chi connectivity index (χ3n) is 8.00. The molecule has 0 amide bonds. The van der Waals surface area contributed by atoms with Crippen LogP contribution in [0.2, 0.25) is 0 Å². The van der Waals surface area contributed by atoms with Crippen LogP contribution in [0.25, 0.3) is 0 Å². The highest BCUT2D eigenvalue weighted by Gasteiger charge is 2.44. The van der Waals surface area contributed by atoms with Gasteiger partial charge >= 0.3 is 0 Å². The second-order valence-corrected chi connectivity index (χ2v) is 10.4. The first-order valence-corrected chi connectivity index (χ1v) is 11.9. The highest BCUT2D eigenvalue weighted by Crippen LogP contribution is 2.42. The molecule has 3 rings (SSSR count). The monoisotopic (exact) mass is 385 g/mol. The first-order valence-electron chi connectivity index (χ1n) is 11.9. The van der Waals surface area contributed by atoms with Gasteiger partial charge in [-0.3, -0.25) is 4.90 Å². The summed E-state index contributed by atoms with van der Waals surface area (Å²) in [6.45, 7) is 10.6. The molecule has 0 unspecified atom stereocenters. The van der Waals surface area contributed by atoms with Crippen molar-refractivity contribution in [3.8, 4) is 0 Å². The van der Waals surface area contributed by atoms with Gasteiger partial charge in [0, 0.05) is 24.0 Å². The van der Waals surface area contributed by atoms with Gasteiger partial charge in [-0.1, -0.05) is 69.4 Å². The number of hydrogen-bond acceptors (Lipinski definition) is 2. The summed E-state index contributed by atoms with van der Waals surface area (Å²) in [4.78, 5) is 2.77. The van der Waals surface area contributed by atoms with Crippen molar-refractivity contribution in [3.05, 3.63) is 35.9 Å². The molecular formula is C26H43NO. The van der Waals surface area contributed by atoms with Crippen LogP contribution in [0.1, 0.15) is 91.0 Å². The molecule has 0 bridgehead atoms. The minimum absolute atomic E-state index is 0.00111. The summed E-state index contributed by atoms with van der Waals surface area (Å²) in [7, 11) is 0. The predicted molar refractivity (Wildman–Crippen MR) is 119 cm³/mol. The Kier molecular flexibility index (Phi) is 7.61. The van der Waals surface area contributed by atoms with E-state index in [0.29, 0.717) is 17.9 Å². The van der Waals surface area contributed by atoms with Crippen molar-refractivity contribution in [1.82, 2.24) is 4.90 Å². The van der Waals surface area contributed by atoms with Crippen LogP contribution >= 0.6 is 0 Å². The van der Waals surface area contributed by atoms with Crippen LogP contribution in [0.3, 0.4) is 0 Å². The van der Waals surface area contributed by atoms with Crippen molar-refractivity contribution < 1.29 is 5.11 Å². The molecular weight excluding hydrogens is 342 g/mol. The smallest absolute Gasteiger partial charge is 0.0588 e. The number of aliphatic hydroxyl groups excluding tert-OH is 1. The Labute approximate surface area is 173 Å². The van der Waals surface area contributed by atoms with Crippen LogP contribution in [0.5, 0.6) is 0 Å². The highest BCUT2D eigenvalue weighted by atomic mass is 16.3. The fraction of sp³-hybridized carbons (Fsp3) is 0.769. The van der Waals surface area contributed by atoms with E-state index in [1.807, 2.05) is 0 Å². The molecule has 2 saturated carbocycles. The molecule has 0 spiro atoms. The van der Waals surface area contributed by atoms with E-state index >= 15 is 0 Å². The van der Waals surface area contributed by atoms with Gasteiger partial charge in [-0.15, -0.1) is 0 Å². The van der Waals surface area contributed by atoms with E-state index in [2.05, 4.69) is 62.9 Å². The van der Waals surface area contributed by atoms with E-state index in [4.69, 9.17) is 0 Å². The Bertz CT molecular complexity index is 575. The summed E-state index contributed by atoms with van der Waals surface area (Å²) in [5.74, 6) is 1.80. The highest BCUT2D eigenvalue weighted by molar-refractivity contribution is 5.15. The van der Waals surface area contributed by atoms with Crippen LogP contribution < -0.4 is 0 Å². The average Bonchev–Trinajstić information content (AvgIpc) is 2.95. The van der Waals surface area contributed by atoms with Crippen molar-refractivity contribution in [2.75, 3.05) is 0 Å². The second-order valence-electron chi connectivity index (χ2n) is 10.4. The maximum atomic E-state index is 11.0. The largest absolute Gasteiger partial charge is 0.393 e. The van der Waals surface area contributed by atoms with Gasteiger partial charge in [-0.05, 0) is 63.9 Å². The summed E-state index contributed by atoms with van der Waals surface area (Å²) in [6, 6.07) is 11.5. The zero-order chi connectivity index (χ0) is 20.1. The molecule has 0 aliphatic heterocycles. The van der Waals surface area contributed by atoms with Gasteiger partial charge in [0.05, 0.1) is 6.10 Å². The average molecular weight is 386 g/mol. The lowest BCUT2D eigenvalue weighted by molar-refractivity contribution is -0.0714. The van der Waals surface area contributed by atoms with Gasteiger partial charge in [-0.25, -0.2) is 0 Å². The molecule has 2 nitrogen and oxygen atoms in total. The van der Waals surface area contributed by atoms with Gasteiger partial charge < -0.3 is 5.11 Å². The summed E-state index contributed by atoms with van der Waals surface area (Å²) in [5, 5.41) is 11.0. The van der Waals surface area contributed by atoms with E-state index in [-0.39, 0.29) is 11.6 Å². The maximum absolute atomic E-state index is 11.0. The van der Waals surface area contributed by atoms with E-state index in [0.717, 1.165) is 25.3 Å². The Morgan fingerprint density at radius 1 is 1.00 bits per heavy atom. The molecule has 2 heteroatoms. The molecule has 1 aromatic carbocycles. The number of benzene rings is 1. The van der Waals surface area contributed by atoms with E-state index < -0.39 is 0 Å². The van der Waals surface area contributed by atoms with Crippen molar-refractivity contribution in [3.63, 3.8) is 0 Å². The molecule has 2 aliphatic rings. The fourth-order valence-corrected chi connectivity index (χ4v) is 6.09. The number of rotatable bonds is 6. The van der Waals surface area contributed by atoms with Crippen molar-refractivity contribution in [2.24, 2.45) is 17.8 Å². The normalized spacial score (nSPS) is 28.9. The molecule has 158 valence electrons. The number of hydrogen-bond donors (Lipinski definition) is 1. The standard InChI is InChI=1S/C26H43NO/c1-20-16-17-24(25(28)18-20)26(3,4)27(19-22-12-8-7-9-13-22)21(2)23-14-10-5-6-11-15-23/h7-9,12-13,20-21,23-25,28H,5-6,10-11,14-19H2,1-4H3/t20-,21-,24-,25-/m1/s1. The molecule has 0 radical (unpaired) electrons. The lowest BCUT2D eigenvalue weighted by Crippen LogP contribution is -2.58. The summed E-state index contributed by atoms with van der Waals surface area (Å²) in [6.07, 6.45) is 11.5. The number of aliphatic hydroxyl groups is 1. The molecule has 1 aromatic rings. The van der Waals surface area contributed by atoms with Crippen LogP contribution in [-0.2, 0) is 6.54 Å². The second kappa shape index (κ2) is 9.76. The third kappa shape index (κ3) is 5.19. The summed E-state index contributed by atoms with van der Waals surface area (Å²) >= 11 is 0. The molecule has 2 aliphatic carbocycles. The van der Waals surface area contributed by atoms with E-state index in [1.54, 1.807) is 0 Å². The van der Waals surface area contributed by atoms with E-state index in [9.17, 15) is 5.11 Å². The van der Waals surface area contributed by atoms with Gasteiger partial charge in [0.1, 0.15) is 0 Å². The zero-order valence-electron chi connectivity index (χ0n) is 18.7. The van der Waals surface area contributed by atoms with Crippen LogP contribution in [0, 0.1) is 17.8 Å². The summed E-state index contributed by atoms with van der Waals surface area (Å²) in [5.41, 5.74) is 1.40. The first-order chi connectivity index (χ1) is 13.4. The first kappa shape index (κ1) is 21.8. The lowest BCUT2D eigenvalue weighted by Gasteiger charge is -2.52. The Morgan fingerprint density at radius 2 is 1.64 bits per heavy atom. The maximum Gasteiger partial charge on any atom is 0.0588 e. The summed E-state index contributed by atoms with van der Waals surface area (Å²) < 4.78 is 0. The Balaban J connectivity index is 1.85. The van der Waals surface area contributed by atoms with Crippen molar-refractivity contribution in [1.29, 1.82) is 0 Å². The van der Waals surface area contributed by atoms with Crippen molar-refractivity contribution in [2.45, 2.75) is 110 Å². The third-order valence-corrected chi connectivity index (χ3v) is 8.00. The number of nitrogens with zero attached hydrogens (tertiary/aromatic N) is 1. The molecule has 2 fully saturated rings. The lowest BCUT2D eigenvalue weighted by atomic mass is 9.70. The molecule has 0 heterocycles. The van der Waals surface area contributed by atoms with Crippen LogP contribution in [0.4, 0.5) is 0 Å². The van der Waals surface area contributed by atoms with Gasteiger partial charge in [0.2, 0.25) is 0 Å². The molecule has 0 aromatic heterocycles. The minimum atomic E-state index is -0.168. The Morgan fingerprint density at radius 3 is 2.25 bits per heavy atom. The molecule has 1 N–H and O–H groups in total. The fourth-order valence-electron chi connectivity index (χ4n) is 6.09. The van der Waals surface area contributed by atoms with Crippen LogP contribution in [0.15, 0.2) is 30.3 Å². The van der Waals surface area contributed by atoms with Crippen molar-refractivity contribution >= 4 is 0 Å². The van der Waals surface area contributed by atoms with Gasteiger partial charge in [0.25, 0.3) is 0 Å². The SMILES string of the molecule is C[C@@H]1CC[C@@H](C(C)(C)N(Cc2ccccc2)[C@H](C)C2CCCCCC2)[C@H](O)C1. The predicted octanol–water partition coefficient (Wildman–Crippen LogP) is 6.42. The van der Waals surface area contributed by atoms with Gasteiger partial charge in [-0.2, -0.15) is 0 Å². The van der Waals surface area contributed by atoms with Crippen LogP contribution in [-0.4, -0.2) is 27.7 Å². The molecule has 0 saturated heterocycles. The minimum Gasteiger partial charge on any atom is -0.393 e.